The van der Waals surface area contributed by atoms with E-state index in [1.165, 1.54) is 12.1 Å². The van der Waals surface area contributed by atoms with Gasteiger partial charge in [0, 0.05) is 6.07 Å². The van der Waals surface area contributed by atoms with E-state index < -0.39 is 20.6 Å². The molecule has 0 aliphatic rings. The van der Waals surface area contributed by atoms with Crippen LogP contribution in [-0.2, 0) is 10.0 Å². The van der Waals surface area contributed by atoms with Crippen LogP contribution in [0.5, 0.6) is 0 Å². The summed E-state index contributed by atoms with van der Waals surface area (Å²) in [5, 5.41) is 10.8. The molecule has 0 spiro atoms. The van der Waals surface area contributed by atoms with E-state index in [0.717, 1.165) is 12.1 Å². The summed E-state index contributed by atoms with van der Waals surface area (Å²) in [6, 6.07) is 9.67. The zero-order valence-electron chi connectivity index (χ0n) is 10.5. The van der Waals surface area contributed by atoms with Crippen molar-refractivity contribution in [1.82, 2.24) is 0 Å². The number of halogens is 1. The van der Waals surface area contributed by atoms with Gasteiger partial charge in [0.15, 0.2) is 0 Å². The third-order valence-corrected chi connectivity index (χ3v) is 4.30. The summed E-state index contributed by atoms with van der Waals surface area (Å²) in [5.74, 6) is 0. The lowest BCUT2D eigenvalue weighted by Crippen LogP contribution is -2.13. The first-order valence-electron chi connectivity index (χ1n) is 5.62. The number of nitrogen functional groups attached to an aromatic ring is 1. The van der Waals surface area contributed by atoms with Crippen LogP contribution in [0.15, 0.2) is 47.4 Å². The maximum atomic E-state index is 12.1. The first kappa shape index (κ1) is 15.1. The van der Waals surface area contributed by atoms with E-state index in [1.54, 1.807) is 18.2 Å². The second-order valence-corrected chi connectivity index (χ2v) is 6.16. The fourth-order valence-corrected chi connectivity index (χ4v) is 2.98. The molecule has 0 aliphatic carbocycles. The smallest absolute Gasteiger partial charge is 0.294 e. The van der Waals surface area contributed by atoms with E-state index in [2.05, 4.69) is 4.72 Å². The van der Waals surface area contributed by atoms with Crippen molar-refractivity contribution in [2.24, 2.45) is 0 Å². The molecule has 0 heterocycles. The van der Waals surface area contributed by atoms with Crippen LogP contribution in [0.4, 0.5) is 17.1 Å². The zero-order chi connectivity index (χ0) is 15.6. The summed E-state index contributed by atoms with van der Waals surface area (Å²) < 4.78 is 26.5. The fraction of sp³-hybridized carbons (Fsp3) is 0. The maximum Gasteiger partial charge on any atom is 0.294 e. The number of nitrogens with one attached hydrogen (secondary N) is 1. The predicted octanol–water partition coefficient (Wildman–Crippen LogP) is 2.63. The average Bonchev–Trinajstić information content (AvgIpc) is 2.42. The number of benzene rings is 2. The van der Waals surface area contributed by atoms with E-state index in [-0.39, 0.29) is 21.3 Å². The Labute approximate surface area is 125 Å². The first-order chi connectivity index (χ1) is 9.81. The van der Waals surface area contributed by atoms with Gasteiger partial charge >= 0.3 is 0 Å². The summed E-state index contributed by atoms with van der Waals surface area (Å²) in [6.07, 6.45) is 0. The lowest BCUT2D eigenvalue weighted by atomic mass is 10.2. The molecule has 0 aliphatic heterocycles. The molecule has 0 fully saturated rings. The molecule has 0 bridgehead atoms. The zero-order valence-corrected chi connectivity index (χ0v) is 12.1. The van der Waals surface area contributed by atoms with Crippen LogP contribution < -0.4 is 10.5 Å². The summed E-state index contributed by atoms with van der Waals surface area (Å²) in [7, 11) is -3.89. The van der Waals surface area contributed by atoms with Gasteiger partial charge in [-0.05, 0) is 18.2 Å². The molecule has 21 heavy (non-hydrogen) atoms. The second kappa shape index (κ2) is 5.58. The van der Waals surface area contributed by atoms with E-state index in [9.17, 15) is 18.5 Å². The van der Waals surface area contributed by atoms with E-state index in [0.29, 0.717) is 0 Å². The molecule has 2 aromatic rings. The monoisotopic (exact) mass is 327 g/mol. The molecule has 0 aromatic heterocycles. The molecular weight excluding hydrogens is 318 g/mol. The molecule has 2 aromatic carbocycles. The minimum Gasteiger partial charge on any atom is -0.393 e. The number of nitro groups is 1. The molecule has 0 radical (unpaired) electrons. The minimum atomic E-state index is -3.89. The molecule has 7 nitrogen and oxygen atoms in total. The third kappa shape index (κ3) is 3.23. The number of nitrogens with two attached hydrogens (primary N) is 1. The second-order valence-electron chi connectivity index (χ2n) is 4.07. The molecule has 3 N–H and O–H groups in total. The van der Waals surface area contributed by atoms with Gasteiger partial charge in [0.25, 0.3) is 15.7 Å². The van der Waals surface area contributed by atoms with Gasteiger partial charge in [-0.25, -0.2) is 8.42 Å². The van der Waals surface area contributed by atoms with Gasteiger partial charge in [-0.1, -0.05) is 29.8 Å². The highest BCUT2D eigenvalue weighted by Crippen LogP contribution is 2.33. The van der Waals surface area contributed by atoms with Gasteiger partial charge in [0.1, 0.15) is 5.69 Å². The van der Waals surface area contributed by atoms with Crippen LogP contribution in [0.1, 0.15) is 0 Å². The van der Waals surface area contributed by atoms with Crippen LogP contribution in [0.25, 0.3) is 0 Å². The predicted molar refractivity (Wildman–Crippen MR) is 79.8 cm³/mol. The summed E-state index contributed by atoms with van der Waals surface area (Å²) in [4.78, 5) is 10.1. The minimum absolute atomic E-state index is 0.0144. The highest BCUT2D eigenvalue weighted by atomic mass is 35.5. The van der Waals surface area contributed by atoms with Crippen molar-refractivity contribution >= 4 is 38.7 Å². The number of hydrogen-bond acceptors (Lipinski definition) is 5. The summed E-state index contributed by atoms with van der Waals surface area (Å²) in [5.41, 5.74) is 4.78. The first-order valence-corrected chi connectivity index (χ1v) is 7.48. The van der Waals surface area contributed by atoms with Crippen molar-refractivity contribution in [3.05, 3.63) is 57.6 Å². The molecule has 0 saturated carbocycles. The van der Waals surface area contributed by atoms with Crippen molar-refractivity contribution in [3.8, 4) is 0 Å². The van der Waals surface area contributed by atoms with Gasteiger partial charge in [-0.15, -0.1) is 0 Å². The largest absolute Gasteiger partial charge is 0.393 e. The average molecular weight is 328 g/mol. The molecular formula is C12H10ClN3O4S. The number of hydrogen-bond donors (Lipinski definition) is 2. The Kier molecular flexibility index (Phi) is 4.01. The highest BCUT2D eigenvalue weighted by Gasteiger charge is 2.20. The van der Waals surface area contributed by atoms with Crippen molar-refractivity contribution in [2.45, 2.75) is 4.90 Å². The third-order valence-electron chi connectivity index (χ3n) is 2.61. The van der Waals surface area contributed by atoms with Crippen LogP contribution in [0.2, 0.25) is 5.02 Å². The standard InChI is InChI=1S/C12H10ClN3O4S/c13-9-6-10(14)12(16(17)18)7-11(9)15-21(19,20)8-4-2-1-3-5-8/h1-7,15H,14H2. The Morgan fingerprint density at radius 1 is 1.19 bits per heavy atom. The SMILES string of the molecule is Nc1cc(Cl)c(NS(=O)(=O)c2ccccc2)cc1[N+](=O)[O-]. The lowest BCUT2D eigenvalue weighted by molar-refractivity contribution is -0.383. The van der Waals surface area contributed by atoms with Crippen molar-refractivity contribution in [1.29, 1.82) is 0 Å². The topological polar surface area (TPSA) is 115 Å². The lowest BCUT2D eigenvalue weighted by Gasteiger charge is -2.10. The fourth-order valence-electron chi connectivity index (χ4n) is 1.62. The van der Waals surface area contributed by atoms with E-state index in [4.69, 9.17) is 17.3 Å². The van der Waals surface area contributed by atoms with Crippen molar-refractivity contribution < 1.29 is 13.3 Å². The van der Waals surface area contributed by atoms with Gasteiger partial charge in [0.2, 0.25) is 0 Å². The van der Waals surface area contributed by atoms with Gasteiger partial charge in [-0.2, -0.15) is 0 Å². The van der Waals surface area contributed by atoms with E-state index >= 15 is 0 Å². The Bertz CT molecular complexity index is 794. The quantitative estimate of drug-likeness (QED) is 0.508. The van der Waals surface area contributed by atoms with Crippen LogP contribution >= 0.6 is 11.6 Å². The van der Waals surface area contributed by atoms with Gasteiger partial charge < -0.3 is 5.73 Å². The molecule has 0 atom stereocenters. The number of nitro benzene ring substituents is 1. The van der Waals surface area contributed by atoms with Gasteiger partial charge in [-0.3, -0.25) is 14.8 Å². The van der Waals surface area contributed by atoms with E-state index in [1.807, 2.05) is 0 Å². The molecule has 110 valence electrons. The number of anilines is 2. The number of rotatable bonds is 4. The Morgan fingerprint density at radius 2 is 1.81 bits per heavy atom. The Morgan fingerprint density at radius 3 is 2.38 bits per heavy atom. The molecule has 0 saturated heterocycles. The Hall–Kier alpha value is -2.32. The molecule has 0 amide bonds. The summed E-state index contributed by atoms with van der Waals surface area (Å²) >= 11 is 5.87. The van der Waals surface area contributed by atoms with Gasteiger partial charge in [0.05, 0.1) is 20.5 Å². The van der Waals surface area contributed by atoms with Crippen LogP contribution in [0.3, 0.4) is 0 Å². The maximum absolute atomic E-state index is 12.1. The molecule has 9 heteroatoms. The molecule has 2 rings (SSSR count). The highest BCUT2D eigenvalue weighted by molar-refractivity contribution is 7.92. The summed E-state index contributed by atoms with van der Waals surface area (Å²) in [6.45, 7) is 0. The Balaban J connectivity index is 2.45. The normalized spacial score (nSPS) is 11.1. The van der Waals surface area contributed by atoms with Crippen LogP contribution in [0, 0.1) is 10.1 Å². The van der Waals surface area contributed by atoms with Crippen molar-refractivity contribution in [2.75, 3.05) is 10.5 Å². The molecule has 0 unspecified atom stereocenters. The van der Waals surface area contributed by atoms with Crippen molar-refractivity contribution in [3.63, 3.8) is 0 Å². The number of nitrogens with zero attached hydrogens (tertiary/aromatic N) is 1. The number of sulfonamides is 1. The van der Waals surface area contributed by atoms with Crippen LogP contribution in [-0.4, -0.2) is 13.3 Å².